The van der Waals surface area contributed by atoms with Gasteiger partial charge in [0.25, 0.3) is 0 Å². The van der Waals surface area contributed by atoms with Gasteiger partial charge >= 0.3 is 0 Å². The van der Waals surface area contributed by atoms with Crippen LogP contribution in [-0.4, -0.2) is 0 Å². The van der Waals surface area contributed by atoms with Crippen LogP contribution in [0.25, 0.3) is 21.9 Å². The lowest BCUT2D eigenvalue weighted by molar-refractivity contribution is 0.376. The summed E-state index contributed by atoms with van der Waals surface area (Å²) in [4.78, 5) is 0. The van der Waals surface area contributed by atoms with Crippen LogP contribution >= 0.6 is 0 Å². The Balaban J connectivity index is 1.50. The second-order valence-electron chi connectivity index (χ2n) is 8.41. The minimum absolute atomic E-state index is 0.740. The summed E-state index contributed by atoms with van der Waals surface area (Å²) in [7, 11) is 0. The molecule has 144 valence electrons. The SMILES string of the molecule is C/C=C/C1CCC(c2ccc(-c3ccc4cc(CCC)ccc4c3)cc2)CC1. The highest BCUT2D eigenvalue weighted by Crippen LogP contribution is 2.37. The highest BCUT2D eigenvalue weighted by Gasteiger charge is 2.20. The summed E-state index contributed by atoms with van der Waals surface area (Å²) in [5.41, 5.74) is 5.61. The van der Waals surface area contributed by atoms with Gasteiger partial charge in [0.1, 0.15) is 0 Å². The first-order valence-corrected chi connectivity index (χ1v) is 11.0. The molecule has 0 bridgehead atoms. The molecule has 1 saturated carbocycles. The molecular formula is C28H32. The molecule has 0 radical (unpaired) electrons. The fourth-order valence-corrected chi connectivity index (χ4v) is 4.78. The van der Waals surface area contributed by atoms with Crippen LogP contribution in [0.1, 0.15) is 63.0 Å². The molecule has 0 atom stereocenters. The van der Waals surface area contributed by atoms with E-state index in [2.05, 4.69) is 86.7 Å². The Hall–Kier alpha value is -2.34. The van der Waals surface area contributed by atoms with Crippen LogP contribution in [0.2, 0.25) is 0 Å². The van der Waals surface area contributed by atoms with Gasteiger partial charge in [0.15, 0.2) is 0 Å². The minimum Gasteiger partial charge on any atom is -0.0914 e. The molecule has 0 spiro atoms. The van der Waals surface area contributed by atoms with Crippen molar-refractivity contribution >= 4 is 10.8 Å². The summed E-state index contributed by atoms with van der Waals surface area (Å²) in [6.07, 6.45) is 12.3. The van der Waals surface area contributed by atoms with Crippen molar-refractivity contribution in [1.29, 1.82) is 0 Å². The molecule has 0 saturated heterocycles. The normalized spacial score (nSPS) is 20.1. The van der Waals surface area contributed by atoms with Crippen LogP contribution in [-0.2, 0) is 6.42 Å². The average Bonchev–Trinajstić information content (AvgIpc) is 2.75. The molecule has 0 amide bonds. The monoisotopic (exact) mass is 368 g/mol. The van der Waals surface area contributed by atoms with Gasteiger partial charge < -0.3 is 0 Å². The maximum atomic E-state index is 2.39. The summed E-state index contributed by atoms with van der Waals surface area (Å²) < 4.78 is 0. The van der Waals surface area contributed by atoms with E-state index < -0.39 is 0 Å². The molecule has 1 fully saturated rings. The van der Waals surface area contributed by atoms with Crippen molar-refractivity contribution in [2.75, 3.05) is 0 Å². The summed E-state index contributed by atoms with van der Waals surface area (Å²) in [5.74, 6) is 1.54. The Morgan fingerprint density at radius 1 is 0.786 bits per heavy atom. The lowest BCUT2D eigenvalue weighted by Crippen LogP contribution is -2.11. The quantitative estimate of drug-likeness (QED) is 0.397. The molecule has 4 rings (SSSR count). The number of allylic oxidation sites excluding steroid dienone is 2. The van der Waals surface area contributed by atoms with Crippen molar-refractivity contribution in [3.8, 4) is 11.1 Å². The summed E-state index contributed by atoms with van der Waals surface area (Å²) in [6.45, 7) is 4.38. The smallest absolute Gasteiger partial charge is 0.0162 e. The first kappa shape index (κ1) is 19.0. The number of aryl methyl sites for hydroxylation is 1. The van der Waals surface area contributed by atoms with Gasteiger partial charge in [0, 0.05) is 0 Å². The topological polar surface area (TPSA) is 0 Å². The average molecular weight is 369 g/mol. The van der Waals surface area contributed by atoms with Gasteiger partial charge in [-0.3, -0.25) is 0 Å². The molecule has 0 N–H and O–H groups in total. The zero-order chi connectivity index (χ0) is 19.3. The molecule has 1 aliphatic carbocycles. The zero-order valence-corrected chi connectivity index (χ0v) is 17.3. The number of hydrogen-bond donors (Lipinski definition) is 0. The Labute approximate surface area is 170 Å². The molecular weight excluding hydrogens is 336 g/mol. The van der Waals surface area contributed by atoms with E-state index in [4.69, 9.17) is 0 Å². The van der Waals surface area contributed by atoms with E-state index in [-0.39, 0.29) is 0 Å². The molecule has 0 aliphatic heterocycles. The molecule has 0 unspecified atom stereocenters. The summed E-state index contributed by atoms with van der Waals surface area (Å²) in [5, 5.41) is 2.69. The van der Waals surface area contributed by atoms with E-state index in [1.54, 1.807) is 0 Å². The lowest BCUT2D eigenvalue weighted by atomic mass is 9.78. The molecule has 0 heteroatoms. The Morgan fingerprint density at radius 2 is 1.46 bits per heavy atom. The van der Waals surface area contributed by atoms with Crippen molar-refractivity contribution in [1.82, 2.24) is 0 Å². The summed E-state index contributed by atoms with van der Waals surface area (Å²) in [6, 6.07) is 23.2. The van der Waals surface area contributed by atoms with E-state index >= 15 is 0 Å². The molecule has 3 aromatic carbocycles. The minimum atomic E-state index is 0.740. The third-order valence-corrected chi connectivity index (χ3v) is 6.40. The van der Waals surface area contributed by atoms with E-state index in [0.717, 1.165) is 18.3 Å². The third kappa shape index (κ3) is 4.22. The molecule has 0 heterocycles. The molecule has 0 nitrogen and oxygen atoms in total. The second-order valence-corrected chi connectivity index (χ2v) is 8.41. The Bertz CT molecular complexity index is 937. The molecule has 28 heavy (non-hydrogen) atoms. The molecule has 0 aromatic heterocycles. The van der Waals surface area contributed by atoms with Crippen molar-refractivity contribution in [2.24, 2.45) is 5.92 Å². The predicted octanol–water partition coefficient (Wildman–Crippen LogP) is 8.31. The number of fused-ring (bicyclic) bond motifs is 1. The number of hydrogen-bond acceptors (Lipinski definition) is 0. The van der Waals surface area contributed by atoms with Crippen molar-refractivity contribution in [3.05, 3.63) is 83.9 Å². The highest BCUT2D eigenvalue weighted by molar-refractivity contribution is 5.87. The third-order valence-electron chi connectivity index (χ3n) is 6.40. The predicted molar refractivity (Wildman–Crippen MR) is 123 cm³/mol. The molecule has 1 aliphatic rings. The van der Waals surface area contributed by atoms with Gasteiger partial charge in [0.2, 0.25) is 0 Å². The summed E-state index contributed by atoms with van der Waals surface area (Å²) >= 11 is 0. The number of rotatable bonds is 5. The number of benzene rings is 3. The highest BCUT2D eigenvalue weighted by atomic mass is 14.3. The van der Waals surface area contributed by atoms with Crippen LogP contribution in [0, 0.1) is 5.92 Å². The van der Waals surface area contributed by atoms with Crippen molar-refractivity contribution in [3.63, 3.8) is 0 Å². The van der Waals surface area contributed by atoms with Gasteiger partial charge in [-0.25, -0.2) is 0 Å². The first-order chi connectivity index (χ1) is 13.8. The van der Waals surface area contributed by atoms with E-state index in [9.17, 15) is 0 Å². The Morgan fingerprint density at radius 3 is 2.18 bits per heavy atom. The zero-order valence-electron chi connectivity index (χ0n) is 17.3. The maximum Gasteiger partial charge on any atom is -0.0162 e. The van der Waals surface area contributed by atoms with Crippen LogP contribution in [0.15, 0.2) is 72.8 Å². The van der Waals surface area contributed by atoms with Gasteiger partial charge in [-0.15, -0.1) is 0 Å². The van der Waals surface area contributed by atoms with Crippen molar-refractivity contribution < 1.29 is 0 Å². The van der Waals surface area contributed by atoms with Crippen LogP contribution in [0.5, 0.6) is 0 Å². The van der Waals surface area contributed by atoms with Crippen LogP contribution in [0.4, 0.5) is 0 Å². The van der Waals surface area contributed by atoms with Gasteiger partial charge in [0.05, 0.1) is 0 Å². The van der Waals surface area contributed by atoms with Gasteiger partial charge in [-0.2, -0.15) is 0 Å². The van der Waals surface area contributed by atoms with E-state index in [0.29, 0.717) is 0 Å². The fourth-order valence-electron chi connectivity index (χ4n) is 4.78. The van der Waals surface area contributed by atoms with Gasteiger partial charge in [-0.05, 0) is 90.0 Å². The standard InChI is InChI=1S/C28H32/c1-3-5-21-7-10-23(11-8-21)24-13-15-25(16-14-24)27-18-17-26-19-22(6-4-2)9-12-28(26)20-27/h3,5,9,12-21,23H,4,6-8,10-11H2,1-2H3/b5-3+. The van der Waals surface area contributed by atoms with Crippen LogP contribution in [0.3, 0.4) is 0 Å². The van der Waals surface area contributed by atoms with E-state index in [1.807, 2.05) is 0 Å². The first-order valence-electron chi connectivity index (χ1n) is 11.0. The van der Waals surface area contributed by atoms with Crippen molar-refractivity contribution in [2.45, 2.75) is 58.3 Å². The fraction of sp³-hybridized carbons (Fsp3) is 0.357. The Kier molecular flexibility index (Phi) is 5.95. The van der Waals surface area contributed by atoms with Gasteiger partial charge in [-0.1, -0.05) is 80.1 Å². The maximum absolute atomic E-state index is 2.39. The van der Waals surface area contributed by atoms with E-state index in [1.165, 1.54) is 65.1 Å². The largest absolute Gasteiger partial charge is 0.0914 e. The second kappa shape index (κ2) is 8.78. The lowest BCUT2D eigenvalue weighted by Gasteiger charge is -2.27. The van der Waals surface area contributed by atoms with Crippen LogP contribution < -0.4 is 0 Å². The molecule has 3 aromatic rings.